The lowest BCUT2D eigenvalue weighted by Gasteiger charge is -2.29. The Labute approximate surface area is 123 Å². The average Bonchev–Trinajstić information content (AvgIpc) is 2.42. The van der Waals surface area contributed by atoms with Gasteiger partial charge in [-0.1, -0.05) is 0 Å². The lowest BCUT2D eigenvalue weighted by Crippen LogP contribution is -2.36. The second-order valence-electron chi connectivity index (χ2n) is 5.18. The van der Waals surface area contributed by atoms with Crippen molar-refractivity contribution in [3.63, 3.8) is 0 Å². The number of carboxylic acids is 1. The predicted octanol–water partition coefficient (Wildman–Crippen LogP) is 1.10. The van der Waals surface area contributed by atoms with Crippen LogP contribution < -0.4 is 4.90 Å². The summed E-state index contributed by atoms with van der Waals surface area (Å²) in [4.78, 5) is 24.7. The van der Waals surface area contributed by atoms with Gasteiger partial charge in [-0.05, 0) is 36.6 Å². The number of fused-ring (bicyclic) bond motifs is 1. The third kappa shape index (κ3) is 3.81. The standard InChI is InChI=1S/C14H17NO5S/c1-21(19,20)8-6-13(16)15-7-2-3-10-9-11(14(17)18)4-5-12(10)15/h4-5,9H,2-3,6-8H2,1H3,(H,17,18). The monoisotopic (exact) mass is 311 g/mol. The normalized spacial score (nSPS) is 14.6. The third-order valence-electron chi connectivity index (χ3n) is 3.43. The highest BCUT2D eigenvalue weighted by Crippen LogP contribution is 2.28. The van der Waals surface area contributed by atoms with E-state index in [1.54, 1.807) is 17.0 Å². The highest BCUT2D eigenvalue weighted by molar-refractivity contribution is 7.90. The van der Waals surface area contributed by atoms with E-state index in [0.29, 0.717) is 18.7 Å². The SMILES string of the molecule is CS(=O)(=O)CCC(=O)N1CCCc2cc(C(=O)O)ccc21. The number of hydrogen-bond donors (Lipinski definition) is 1. The van der Waals surface area contributed by atoms with E-state index in [4.69, 9.17) is 5.11 Å². The lowest BCUT2D eigenvalue weighted by molar-refractivity contribution is -0.118. The number of aromatic carboxylic acids is 1. The Bertz CT molecular complexity index is 681. The third-order valence-corrected chi connectivity index (χ3v) is 4.38. The van der Waals surface area contributed by atoms with Crippen molar-refractivity contribution in [1.29, 1.82) is 0 Å². The van der Waals surface area contributed by atoms with Gasteiger partial charge in [0.15, 0.2) is 0 Å². The molecule has 1 aromatic carbocycles. The van der Waals surface area contributed by atoms with Gasteiger partial charge < -0.3 is 10.0 Å². The van der Waals surface area contributed by atoms with Crippen LogP contribution in [0.1, 0.15) is 28.8 Å². The number of anilines is 1. The van der Waals surface area contributed by atoms with Crippen LogP contribution in [0.25, 0.3) is 0 Å². The number of sulfone groups is 1. The molecule has 0 bridgehead atoms. The highest BCUT2D eigenvalue weighted by Gasteiger charge is 2.24. The van der Waals surface area contributed by atoms with Crippen molar-refractivity contribution >= 4 is 27.4 Å². The first-order valence-corrected chi connectivity index (χ1v) is 8.68. The van der Waals surface area contributed by atoms with E-state index in [9.17, 15) is 18.0 Å². The van der Waals surface area contributed by atoms with E-state index in [1.165, 1.54) is 6.07 Å². The van der Waals surface area contributed by atoms with Crippen LogP contribution >= 0.6 is 0 Å². The molecule has 1 amide bonds. The van der Waals surface area contributed by atoms with Gasteiger partial charge in [0, 0.05) is 24.9 Å². The Balaban J connectivity index is 2.22. The molecular formula is C14H17NO5S. The Hall–Kier alpha value is -1.89. The zero-order valence-electron chi connectivity index (χ0n) is 11.7. The van der Waals surface area contributed by atoms with Crippen LogP contribution in [-0.4, -0.2) is 44.0 Å². The maximum Gasteiger partial charge on any atom is 0.335 e. The van der Waals surface area contributed by atoms with Gasteiger partial charge in [0.1, 0.15) is 9.84 Å². The van der Waals surface area contributed by atoms with Crippen LogP contribution in [0, 0.1) is 0 Å². The smallest absolute Gasteiger partial charge is 0.335 e. The van der Waals surface area contributed by atoms with Crippen molar-refractivity contribution in [2.75, 3.05) is 23.5 Å². The molecule has 0 atom stereocenters. The maximum atomic E-state index is 12.2. The minimum absolute atomic E-state index is 0.0566. The Morgan fingerprint density at radius 1 is 1.33 bits per heavy atom. The van der Waals surface area contributed by atoms with E-state index >= 15 is 0 Å². The molecule has 1 heterocycles. The number of rotatable bonds is 4. The first-order valence-electron chi connectivity index (χ1n) is 6.62. The molecule has 0 aliphatic carbocycles. The van der Waals surface area contributed by atoms with Crippen LogP contribution in [-0.2, 0) is 21.1 Å². The fraction of sp³-hybridized carbons (Fsp3) is 0.429. The molecule has 1 N–H and O–H groups in total. The number of carbonyl (C=O) groups is 2. The molecule has 1 aliphatic rings. The molecule has 0 unspecified atom stereocenters. The number of hydrogen-bond acceptors (Lipinski definition) is 4. The summed E-state index contributed by atoms with van der Waals surface area (Å²) in [6, 6.07) is 4.66. The number of aryl methyl sites for hydroxylation is 1. The van der Waals surface area contributed by atoms with Gasteiger partial charge in [0.05, 0.1) is 11.3 Å². The summed E-state index contributed by atoms with van der Waals surface area (Å²) in [5, 5.41) is 8.99. The highest BCUT2D eigenvalue weighted by atomic mass is 32.2. The molecule has 1 aliphatic heterocycles. The second-order valence-corrected chi connectivity index (χ2v) is 7.44. The second kappa shape index (κ2) is 5.85. The lowest BCUT2D eigenvalue weighted by atomic mass is 9.99. The summed E-state index contributed by atoms with van der Waals surface area (Å²) < 4.78 is 22.3. The maximum absolute atomic E-state index is 12.2. The first kappa shape index (κ1) is 15.5. The quantitative estimate of drug-likeness (QED) is 0.899. The molecule has 6 nitrogen and oxygen atoms in total. The molecule has 21 heavy (non-hydrogen) atoms. The van der Waals surface area contributed by atoms with Gasteiger partial charge in [-0.25, -0.2) is 13.2 Å². The van der Waals surface area contributed by atoms with Crippen LogP contribution in [0.3, 0.4) is 0 Å². The van der Waals surface area contributed by atoms with Gasteiger partial charge in [-0.3, -0.25) is 4.79 Å². The molecule has 0 saturated heterocycles. The molecule has 114 valence electrons. The summed E-state index contributed by atoms with van der Waals surface area (Å²) in [6.07, 6.45) is 2.50. The number of nitrogens with zero attached hydrogens (tertiary/aromatic N) is 1. The van der Waals surface area contributed by atoms with Gasteiger partial charge in [0.2, 0.25) is 5.91 Å². The van der Waals surface area contributed by atoms with Crippen molar-refractivity contribution in [2.45, 2.75) is 19.3 Å². The number of carboxylic acid groups (broad SMARTS) is 1. The van der Waals surface area contributed by atoms with Crippen LogP contribution in [0.4, 0.5) is 5.69 Å². The van der Waals surface area contributed by atoms with Crippen LogP contribution in [0.2, 0.25) is 0 Å². The van der Waals surface area contributed by atoms with Crippen molar-refractivity contribution in [2.24, 2.45) is 0 Å². The summed E-state index contributed by atoms with van der Waals surface area (Å²) in [5.41, 5.74) is 1.69. The van der Waals surface area contributed by atoms with E-state index in [-0.39, 0.29) is 23.6 Å². The largest absolute Gasteiger partial charge is 0.478 e. The summed E-state index contributed by atoms with van der Waals surface area (Å²) in [6.45, 7) is 0.530. The molecule has 0 fully saturated rings. The first-order chi connectivity index (χ1) is 9.78. The fourth-order valence-corrected chi connectivity index (χ4v) is 2.94. The molecule has 2 rings (SSSR count). The molecule has 7 heteroatoms. The molecule has 0 saturated carbocycles. The molecule has 0 radical (unpaired) electrons. The average molecular weight is 311 g/mol. The number of carbonyl (C=O) groups excluding carboxylic acids is 1. The van der Waals surface area contributed by atoms with Crippen molar-refractivity contribution in [3.8, 4) is 0 Å². The Morgan fingerprint density at radius 3 is 2.67 bits per heavy atom. The number of amides is 1. The topological polar surface area (TPSA) is 91.8 Å². The van der Waals surface area contributed by atoms with Gasteiger partial charge >= 0.3 is 5.97 Å². The van der Waals surface area contributed by atoms with Gasteiger partial charge in [-0.2, -0.15) is 0 Å². The zero-order chi connectivity index (χ0) is 15.6. The van der Waals surface area contributed by atoms with Gasteiger partial charge in [-0.15, -0.1) is 0 Å². The Kier molecular flexibility index (Phi) is 4.32. The predicted molar refractivity (Wildman–Crippen MR) is 78.4 cm³/mol. The van der Waals surface area contributed by atoms with Crippen LogP contribution in [0.5, 0.6) is 0 Å². The van der Waals surface area contributed by atoms with E-state index < -0.39 is 15.8 Å². The molecule has 0 aromatic heterocycles. The van der Waals surface area contributed by atoms with Crippen LogP contribution in [0.15, 0.2) is 18.2 Å². The summed E-state index contributed by atoms with van der Waals surface area (Å²) in [5.74, 6) is -1.42. The molecule has 1 aromatic rings. The minimum Gasteiger partial charge on any atom is -0.478 e. The minimum atomic E-state index is -3.18. The number of benzene rings is 1. The van der Waals surface area contributed by atoms with Crippen molar-refractivity contribution < 1.29 is 23.1 Å². The molecule has 0 spiro atoms. The Morgan fingerprint density at radius 2 is 2.05 bits per heavy atom. The summed E-state index contributed by atoms with van der Waals surface area (Å²) >= 11 is 0. The van der Waals surface area contributed by atoms with E-state index in [0.717, 1.165) is 18.2 Å². The fourth-order valence-electron chi connectivity index (χ4n) is 2.40. The van der Waals surface area contributed by atoms with Gasteiger partial charge in [0.25, 0.3) is 0 Å². The van der Waals surface area contributed by atoms with Crippen molar-refractivity contribution in [1.82, 2.24) is 0 Å². The zero-order valence-corrected chi connectivity index (χ0v) is 12.5. The van der Waals surface area contributed by atoms with Crippen molar-refractivity contribution in [3.05, 3.63) is 29.3 Å². The molecular weight excluding hydrogens is 294 g/mol. The van der Waals surface area contributed by atoms with E-state index in [2.05, 4.69) is 0 Å². The summed E-state index contributed by atoms with van der Waals surface area (Å²) in [7, 11) is -3.18. The van der Waals surface area contributed by atoms with E-state index in [1.807, 2.05) is 0 Å².